The van der Waals surface area contributed by atoms with Crippen molar-refractivity contribution in [2.75, 3.05) is 6.54 Å². The molecule has 2 aromatic heterocycles. The maximum atomic E-state index is 12.7. The molecule has 0 bridgehead atoms. The van der Waals surface area contributed by atoms with Crippen molar-refractivity contribution in [1.82, 2.24) is 19.4 Å². The first kappa shape index (κ1) is 18.3. The average Bonchev–Trinajstić information content (AvgIpc) is 3.20. The zero-order valence-electron chi connectivity index (χ0n) is 15.1. The lowest BCUT2D eigenvalue weighted by Gasteiger charge is -2.11. The number of aryl methyl sites for hydroxylation is 4. The molecule has 0 radical (unpaired) electrons. The van der Waals surface area contributed by atoms with Crippen molar-refractivity contribution in [3.8, 4) is 11.3 Å². The molecule has 0 atom stereocenters. The van der Waals surface area contributed by atoms with Crippen LogP contribution < -0.4 is 4.72 Å². The van der Waals surface area contributed by atoms with E-state index in [9.17, 15) is 8.42 Å². The Balaban J connectivity index is 1.71. The average molecular weight is 374 g/mol. The van der Waals surface area contributed by atoms with Crippen molar-refractivity contribution in [1.29, 1.82) is 0 Å². The lowest BCUT2D eigenvalue weighted by molar-refractivity contribution is 0.427. The quantitative estimate of drug-likeness (QED) is 0.642. The van der Waals surface area contributed by atoms with Crippen LogP contribution in [0.5, 0.6) is 0 Å². The van der Waals surface area contributed by atoms with E-state index in [-0.39, 0.29) is 4.90 Å². The van der Waals surface area contributed by atoms with E-state index in [4.69, 9.17) is 4.52 Å². The van der Waals surface area contributed by atoms with Gasteiger partial charge in [0.15, 0.2) is 5.76 Å². The first-order valence-electron chi connectivity index (χ1n) is 8.38. The van der Waals surface area contributed by atoms with E-state index >= 15 is 0 Å². The predicted molar refractivity (Wildman–Crippen MR) is 98.2 cm³/mol. The summed E-state index contributed by atoms with van der Waals surface area (Å²) in [5.74, 6) is 1.47. The predicted octanol–water partition coefficient (Wildman–Crippen LogP) is 2.83. The molecule has 0 amide bonds. The number of rotatable bonds is 7. The van der Waals surface area contributed by atoms with E-state index < -0.39 is 10.0 Å². The van der Waals surface area contributed by atoms with Crippen molar-refractivity contribution < 1.29 is 12.9 Å². The summed E-state index contributed by atoms with van der Waals surface area (Å²) in [5.41, 5.74) is 2.12. The van der Waals surface area contributed by atoms with Crippen molar-refractivity contribution in [3.63, 3.8) is 0 Å². The zero-order chi connectivity index (χ0) is 18.7. The van der Waals surface area contributed by atoms with Crippen LogP contribution in [0, 0.1) is 20.8 Å². The molecule has 26 heavy (non-hydrogen) atoms. The van der Waals surface area contributed by atoms with Crippen molar-refractivity contribution in [2.45, 2.75) is 38.6 Å². The third kappa shape index (κ3) is 4.03. The van der Waals surface area contributed by atoms with Gasteiger partial charge in [-0.15, -0.1) is 0 Å². The van der Waals surface area contributed by atoms with Gasteiger partial charge in [-0.1, -0.05) is 17.3 Å². The van der Waals surface area contributed by atoms with Gasteiger partial charge in [0.25, 0.3) is 0 Å². The zero-order valence-corrected chi connectivity index (χ0v) is 15.9. The van der Waals surface area contributed by atoms with E-state index in [0.717, 1.165) is 11.5 Å². The Kier molecular flexibility index (Phi) is 5.24. The first-order valence-corrected chi connectivity index (χ1v) is 9.87. The molecule has 0 aliphatic carbocycles. The first-order chi connectivity index (χ1) is 12.4. The summed E-state index contributed by atoms with van der Waals surface area (Å²) < 4.78 is 35.3. The largest absolute Gasteiger partial charge is 0.356 e. The van der Waals surface area contributed by atoms with Crippen LogP contribution >= 0.6 is 0 Å². The van der Waals surface area contributed by atoms with Crippen LogP contribution in [0.15, 0.2) is 46.1 Å². The Bertz CT molecular complexity index is 1010. The minimum absolute atomic E-state index is 0.253. The summed E-state index contributed by atoms with van der Waals surface area (Å²) in [6, 6.07) is 7.01. The third-order valence-electron chi connectivity index (χ3n) is 4.18. The normalized spacial score (nSPS) is 11.8. The highest BCUT2D eigenvalue weighted by molar-refractivity contribution is 7.89. The Hall–Kier alpha value is -2.45. The Morgan fingerprint density at radius 1 is 1.19 bits per heavy atom. The maximum Gasteiger partial charge on any atom is 0.240 e. The molecule has 0 fully saturated rings. The van der Waals surface area contributed by atoms with E-state index in [1.165, 1.54) is 0 Å². The fourth-order valence-electron chi connectivity index (χ4n) is 2.72. The van der Waals surface area contributed by atoms with Crippen molar-refractivity contribution in [3.05, 3.63) is 53.7 Å². The number of sulfonamides is 1. The Morgan fingerprint density at radius 3 is 2.65 bits per heavy atom. The second-order valence-electron chi connectivity index (χ2n) is 6.23. The number of benzene rings is 1. The number of imidazole rings is 1. The van der Waals surface area contributed by atoms with Gasteiger partial charge in [-0.3, -0.25) is 0 Å². The number of hydrogen-bond donors (Lipinski definition) is 1. The van der Waals surface area contributed by atoms with Crippen molar-refractivity contribution in [2.24, 2.45) is 0 Å². The highest BCUT2D eigenvalue weighted by Gasteiger charge is 2.18. The summed E-state index contributed by atoms with van der Waals surface area (Å²) in [4.78, 5) is 4.41. The number of hydrogen-bond acceptors (Lipinski definition) is 5. The molecule has 8 heteroatoms. The van der Waals surface area contributed by atoms with Gasteiger partial charge in [0.05, 0.1) is 10.6 Å². The van der Waals surface area contributed by atoms with E-state index in [1.807, 2.05) is 30.7 Å². The minimum Gasteiger partial charge on any atom is -0.356 e. The van der Waals surface area contributed by atoms with Crippen LogP contribution in [0.2, 0.25) is 0 Å². The van der Waals surface area contributed by atoms with Gasteiger partial charge in [0.2, 0.25) is 10.0 Å². The fourth-order valence-corrected chi connectivity index (χ4v) is 4.06. The summed E-state index contributed by atoms with van der Waals surface area (Å²) in [6.45, 7) is 6.58. The van der Waals surface area contributed by atoms with Gasteiger partial charge < -0.3 is 9.09 Å². The smallest absolute Gasteiger partial charge is 0.240 e. The van der Waals surface area contributed by atoms with Crippen LogP contribution in [-0.4, -0.2) is 29.7 Å². The molecular weight excluding hydrogens is 352 g/mol. The summed E-state index contributed by atoms with van der Waals surface area (Å²) in [5, 5.41) is 3.85. The molecule has 2 heterocycles. The topological polar surface area (TPSA) is 90.0 Å². The van der Waals surface area contributed by atoms with Gasteiger partial charge in [-0.05, 0) is 38.8 Å². The summed E-state index contributed by atoms with van der Waals surface area (Å²) >= 11 is 0. The lowest BCUT2D eigenvalue weighted by atomic mass is 10.1. The van der Waals surface area contributed by atoms with Crippen LogP contribution in [0.3, 0.4) is 0 Å². The SMILES string of the molecule is Cc1cc(-c2ccc(C)c(S(=O)(=O)NCCCn3ccnc3C)c2)on1. The molecule has 1 aromatic carbocycles. The molecule has 0 spiro atoms. The molecule has 0 aliphatic rings. The summed E-state index contributed by atoms with van der Waals surface area (Å²) in [7, 11) is -3.60. The number of aromatic nitrogens is 3. The molecule has 3 aromatic rings. The Morgan fingerprint density at radius 2 is 2.00 bits per heavy atom. The van der Waals surface area contributed by atoms with E-state index in [0.29, 0.717) is 36.4 Å². The van der Waals surface area contributed by atoms with Gasteiger partial charge in [-0.25, -0.2) is 18.1 Å². The van der Waals surface area contributed by atoms with Gasteiger partial charge >= 0.3 is 0 Å². The number of nitrogens with one attached hydrogen (secondary N) is 1. The molecule has 0 saturated carbocycles. The van der Waals surface area contributed by atoms with E-state index in [1.54, 1.807) is 31.3 Å². The maximum absolute atomic E-state index is 12.7. The minimum atomic E-state index is -3.60. The molecule has 0 saturated heterocycles. The standard InChI is InChI=1S/C18H22N4O3S/c1-13-5-6-16(17-11-14(2)21-25-17)12-18(13)26(23,24)20-7-4-9-22-10-8-19-15(22)3/h5-6,8,10-12,20H,4,7,9H2,1-3H3. The van der Waals surface area contributed by atoms with Crippen LogP contribution in [0.25, 0.3) is 11.3 Å². The molecule has 0 aliphatic heterocycles. The fraction of sp³-hybridized carbons (Fsp3) is 0.333. The molecule has 1 N–H and O–H groups in total. The second kappa shape index (κ2) is 7.43. The highest BCUT2D eigenvalue weighted by Crippen LogP contribution is 2.25. The molecule has 138 valence electrons. The molecular formula is C18H22N4O3S. The van der Waals surface area contributed by atoms with Crippen LogP contribution in [-0.2, 0) is 16.6 Å². The monoisotopic (exact) mass is 374 g/mol. The third-order valence-corrected chi connectivity index (χ3v) is 5.78. The van der Waals surface area contributed by atoms with Crippen LogP contribution in [0.4, 0.5) is 0 Å². The van der Waals surface area contributed by atoms with Gasteiger partial charge in [0.1, 0.15) is 5.82 Å². The molecule has 7 nitrogen and oxygen atoms in total. The lowest BCUT2D eigenvalue weighted by Crippen LogP contribution is -2.26. The summed E-state index contributed by atoms with van der Waals surface area (Å²) in [6.07, 6.45) is 4.30. The van der Waals surface area contributed by atoms with Crippen molar-refractivity contribution >= 4 is 10.0 Å². The molecule has 0 unspecified atom stereocenters. The Labute approximate surface area is 153 Å². The van der Waals surface area contributed by atoms with Crippen LogP contribution in [0.1, 0.15) is 23.5 Å². The number of nitrogens with zero attached hydrogens (tertiary/aromatic N) is 3. The highest BCUT2D eigenvalue weighted by atomic mass is 32.2. The van der Waals surface area contributed by atoms with E-state index in [2.05, 4.69) is 14.9 Å². The second-order valence-corrected chi connectivity index (χ2v) is 7.97. The van der Waals surface area contributed by atoms with Gasteiger partial charge in [-0.2, -0.15) is 0 Å². The molecule has 3 rings (SSSR count). The van der Waals surface area contributed by atoms with Gasteiger partial charge in [0, 0.05) is 37.1 Å².